The van der Waals surface area contributed by atoms with Gasteiger partial charge in [-0.2, -0.15) is 0 Å². The predicted octanol–water partition coefficient (Wildman–Crippen LogP) is 1.44. The minimum Gasteiger partial charge on any atom is -0.252 e. The lowest BCUT2D eigenvalue weighted by Gasteiger charge is -2.30. The molecule has 14 heavy (non-hydrogen) atoms. The first-order valence-electron chi connectivity index (χ1n) is 4.23. The zero-order chi connectivity index (χ0) is 10.8. The molecule has 0 heterocycles. The number of nitrogens with one attached hydrogen (secondary N) is 1. The fourth-order valence-corrected chi connectivity index (χ4v) is 3.14. The third-order valence-corrected chi connectivity index (χ3v) is 5.30. The van der Waals surface area contributed by atoms with Crippen molar-refractivity contribution in [2.24, 2.45) is 0 Å². The van der Waals surface area contributed by atoms with Gasteiger partial charge in [-0.25, -0.2) is 9.03 Å². The van der Waals surface area contributed by atoms with Crippen LogP contribution >= 0.6 is 15.9 Å². The van der Waals surface area contributed by atoms with E-state index in [1.165, 1.54) is 0 Å². The van der Waals surface area contributed by atoms with Crippen molar-refractivity contribution in [1.82, 2.24) is 9.03 Å². The number of halogens is 1. The van der Waals surface area contributed by atoms with Crippen LogP contribution in [0.15, 0.2) is 33.6 Å². The quantitative estimate of drug-likeness (QED) is 0.806. The zero-order valence-electron chi connectivity index (χ0n) is 8.49. The van der Waals surface area contributed by atoms with Crippen LogP contribution in [0, 0.1) is 0 Å². The van der Waals surface area contributed by atoms with Crippen molar-refractivity contribution >= 4 is 26.2 Å². The summed E-state index contributed by atoms with van der Waals surface area (Å²) in [5.41, 5.74) is 0. The first kappa shape index (κ1) is 11.8. The van der Waals surface area contributed by atoms with Gasteiger partial charge in [0.05, 0.1) is 0 Å². The summed E-state index contributed by atoms with van der Waals surface area (Å²) in [4.78, 5) is 0.813. The SMILES string of the molecule is CN[SH](=O)(c1ccc(Br)cc1)N(C)C. The normalized spacial score (nSPS) is 13.2. The Balaban J connectivity index is 3.14. The lowest BCUT2D eigenvalue weighted by Crippen LogP contribution is -2.40. The maximum absolute atomic E-state index is 12.4. The molecule has 1 aromatic rings. The van der Waals surface area contributed by atoms with Crippen LogP contribution in [0.2, 0.25) is 0 Å². The number of hydrogen-bond acceptors (Lipinski definition) is 1. The van der Waals surface area contributed by atoms with Crippen LogP contribution in [-0.2, 0) is 10.3 Å². The molecule has 0 aliphatic carbocycles. The molecule has 1 aromatic carbocycles. The number of rotatable bonds is 3. The summed E-state index contributed by atoms with van der Waals surface area (Å²) in [6, 6.07) is 7.51. The molecule has 0 unspecified atom stereocenters. The highest BCUT2D eigenvalue weighted by Crippen LogP contribution is 2.20. The van der Waals surface area contributed by atoms with Gasteiger partial charge in [0.25, 0.3) is 0 Å². The molecule has 0 amide bonds. The Labute approximate surface area is 94.3 Å². The average molecular weight is 279 g/mol. The lowest BCUT2D eigenvalue weighted by atomic mass is 10.4. The van der Waals surface area contributed by atoms with E-state index in [1.807, 2.05) is 24.3 Å². The van der Waals surface area contributed by atoms with Gasteiger partial charge in [-0.05, 0) is 45.4 Å². The molecule has 0 saturated heterocycles. The molecule has 0 radical (unpaired) electrons. The maximum Gasteiger partial charge on any atom is 0.0403 e. The van der Waals surface area contributed by atoms with Gasteiger partial charge in [0.1, 0.15) is 0 Å². The molecule has 0 aliphatic heterocycles. The first-order chi connectivity index (χ1) is 6.50. The van der Waals surface area contributed by atoms with Crippen LogP contribution in [0.25, 0.3) is 0 Å². The number of thiol groups is 1. The molecule has 0 aromatic heterocycles. The first-order valence-corrected chi connectivity index (χ1v) is 6.69. The van der Waals surface area contributed by atoms with Gasteiger partial charge in [0.15, 0.2) is 0 Å². The van der Waals surface area contributed by atoms with Gasteiger partial charge in [-0.1, -0.05) is 15.9 Å². The highest BCUT2D eigenvalue weighted by molar-refractivity contribution is 9.10. The molecule has 0 saturated carbocycles. The molecule has 3 nitrogen and oxygen atoms in total. The van der Waals surface area contributed by atoms with Crippen LogP contribution in [0.1, 0.15) is 0 Å². The van der Waals surface area contributed by atoms with Gasteiger partial charge >= 0.3 is 0 Å². The summed E-state index contributed by atoms with van der Waals surface area (Å²) >= 11 is 3.35. The number of hydrogen-bond donors (Lipinski definition) is 2. The van der Waals surface area contributed by atoms with E-state index < -0.39 is 10.3 Å². The summed E-state index contributed by atoms with van der Waals surface area (Å²) in [7, 11) is 2.74. The zero-order valence-corrected chi connectivity index (χ0v) is 11.0. The van der Waals surface area contributed by atoms with E-state index in [4.69, 9.17) is 0 Å². The summed E-state index contributed by atoms with van der Waals surface area (Å²) in [6.07, 6.45) is 0. The van der Waals surface area contributed by atoms with E-state index in [-0.39, 0.29) is 0 Å². The summed E-state index contributed by atoms with van der Waals surface area (Å²) in [6.45, 7) is 0. The van der Waals surface area contributed by atoms with Crippen molar-refractivity contribution in [3.63, 3.8) is 0 Å². The largest absolute Gasteiger partial charge is 0.252 e. The van der Waals surface area contributed by atoms with E-state index >= 15 is 0 Å². The number of benzene rings is 1. The molecule has 80 valence electrons. The maximum atomic E-state index is 12.4. The highest BCUT2D eigenvalue weighted by Gasteiger charge is 2.16. The Bertz CT molecular complexity index is 350. The van der Waals surface area contributed by atoms with Crippen molar-refractivity contribution in [3.8, 4) is 0 Å². The standard InChI is InChI=1S/C9H15BrN2OS/c1-11-14(13,12(2)3)9-6-4-8(10)5-7-9/h4-7,14H,1-3H3,(H,11,13). The van der Waals surface area contributed by atoms with Gasteiger partial charge in [-0.3, -0.25) is 4.21 Å². The van der Waals surface area contributed by atoms with Crippen LogP contribution in [-0.4, -0.2) is 29.7 Å². The Kier molecular flexibility index (Phi) is 3.83. The molecule has 5 heteroatoms. The Morgan fingerprint density at radius 1 is 1.29 bits per heavy atom. The second-order valence-electron chi connectivity index (χ2n) is 3.12. The van der Waals surface area contributed by atoms with E-state index in [0.29, 0.717) is 0 Å². The third-order valence-electron chi connectivity index (χ3n) is 2.04. The lowest BCUT2D eigenvalue weighted by molar-refractivity contribution is 0.572. The topological polar surface area (TPSA) is 32.3 Å². The molecule has 0 atom stereocenters. The van der Waals surface area contributed by atoms with Gasteiger partial charge < -0.3 is 0 Å². The fraction of sp³-hybridized carbons (Fsp3) is 0.333. The second-order valence-corrected chi connectivity index (χ2v) is 6.95. The van der Waals surface area contributed by atoms with E-state index in [2.05, 4.69) is 20.7 Å². The van der Waals surface area contributed by atoms with Crippen molar-refractivity contribution in [2.45, 2.75) is 4.90 Å². The third kappa shape index (κ3) is 2.23. The molecular weight excluding hydrogens is 264 g/mol. The molecule has 0 fully saturated rings. The second kappa shape index (κ2) is 4.53. The van der Waals surface area contributed by atoms with Gasteiger partial charge in [-0.15, -0.1) is 0 Å². The molecule has 0 spiro atoms. The average Bonchev–Trinajstić information content (AvgIpc) is 2.17. The van der Waals surface area contributed by atoms with Crippen LogP contribution in [0.4, 0.5) is 0 Å². The minimum absolute atomic E-state index is 0.813. The molecule has 0 aliphatic rings. The Morgan fingerprint density at radius 2 is 1.79 bits per heavy atom. The van der Waals surface area contributed by atoms with E-state index in [0.717, 1.165) is 9.37 Å². The molecule has 1 rings (SSSR count). The molecule has 1 N–H and O–H groups in total. The molecule has 0 bridgehead atoms. The summed E-state index contributed by atoms with van der Waals surface area (Å²) in [5, 5.41) is 0. The fourth-order valence-electron chi connectivity index (χ4n) is 1.20. The molecular formula is C9H15BrN2OS. The number of nitrogens with zero attached hydrogens (tertiary/aromatic N) is 1. The van der Waals surface area contributed by atoms with Crippen LogP contribution in [0.5, 0.6) is 0 Å². The predicted molar refractivity (Wildman–Crippen MR) is 64.7 cm³/mol. The van der Waals surface area contributed by atoms with Crippen LogP contribution < -0.4 is 4.72 Å². The van der Waals surface area contributed by atoms with Crippen molar-refractivity contribution < 1.29 is 4.21 Å². The van der Waals surface area contributed by atoms with Crippen molar-refractivity contribution in [2.75, 3.05) is 21.1 Å². The highest BCUT2D eigenvalue weighted by atomic mass is 79.9. The van der Waals surface area contributed by atoms with Crippen LogP contribution in [0.3, 0.4) is 0 Å². The smallest absolute Gasteiger partial charge is 0.0403 e. The monoisotopic (exact) mass is 278 g/mol. The van der Waals surface area contributed by atoms with Gasteiger partial charge in [0.2, 0.25) is 0 Å². The van der Waals surface area contributed by atoms with Crippen molar-refractivity contribution in [3.05, 3.63) is 28.7 Å². The van der Waals surface area contributed by atoms with E-state index in [9.17, 15) is 4.21 Å². The Morgan fingerprint density at radius 3 is 2.14 bits per heavy atom. The summed E-state index contributed by atoms with van der Waals surface area (Å²) in [5.74, 6) is 0. The minimum atomic E-state index is -2.58. The van der Waals surface area contributed by atoms with Gasteiger partial charge in [0, 0.05) is 19.7 Å². The Hall–Kier alpha value is -0.230. The van der Waals surface area contributed by atoms with E-state index in [1.54, 1.807) is 25.4 Å². The van der Waals surface area contributed by atoms with Crippen molar-refractivity contribution in [1.29, 1.82) is 0 Å². The summed E-state index contributed by atoms with van der Waals surface area (Å²) < 4.78 is 18.0.